The molecule has 4 nitrogen and oxygen atoms in total. The van der Waals surface area contributed by atoms with Gasteiger partial charge in [0.25, 0.3) is 0 Å². The highest BCUT2D eigenvalue weighted by Crippen LogP contribution is 2.29. The maximum atomic E-state index is 12.6. The Morgan fingerprint density at radius 2 is 1.78 bits per heavy atom. The molecule has 1 aliphatic rings. The zero-order valence-corrected chi connectivity index (χ0v) is 16.2. The van der Waals surface area contributed by atoms with Gasteiger partial charge in [0.05, 0.1) is 10.5 Å². The van der Waals surface area contributed by atoms with Crippen LogP contribution in [0.25, 0.3) is 0 Å². The molecule has 3 rings (SSSR count). The van der Waals surface area contributed by atoms with Crippen molar-refractivity contribution < 1.29 is 21.6 Å². The minimum absolute atomic E-state index is 0.148. The van der Waals surface area contributed by atoms with Gasteiger partial charge >= 0.3 is 6.18 Å². The Kier molecular flexibility index (Phi) is 6.25. The van der Waals surface area contributed by atoms with E-state index in [1.165, 1.54) is 4.88 Å². The van der Waals surface area contributed by atoms with Gasteiger partial charge in [-0.25, -0.2) is 13.1 Å². The van der Waals surface area contributed by atoms with Crippen LogP contribution in [-0.2, 0) is 22.7 Å². The van der Waals surface area contributed by atoms with Crippen LogP contribution < -0.4 is 4.72 Å². The normalized spacial score (nSPS) is 17.3. The number of alkyl halides is 3. The zero-order valence-electron chi connectivity index (χ0n) is 14.6. The number of hydrogen-bond acceptors (Lipinski definition) is 4. The van der Waals surface area contributed by atoms with Crippen molar-refractivity contribution in [1.29, 1.82) is 0 Å². The van der Waals surface area contributed by atoms with E-state index in [1.54, 1.807) is 11.3 Å². The van der Waals surface area contributed by atoms with Crippen LogP contribution in [0.1, 0.15) is 23.3 Å². The molecule has 0 atom stereocenters. The SMILES string of the molecule is O=S(=O)(NCC1CCN(Cc2cccs2)CC1)c1ccc(C(F)(F)F)cc1. The molecule has 1 fully saturated rings. The van der Waals surface area contributed by atoms with E-state index in [-0.39, 0.29) is 10.8 Å². The maximum absolute atomic E-state index is 12.6. The molecular formula is C18H21F3N2O2S2. The van der Waals surface area contributed by atoms with Crippen LogP contribution in [0.15, 0.2) is 46.7 Å². The van der Waals surface area contributed by atoms with Gasteiger partial charge in [0.15, 0.2) is 0 Å². The van der Waals surface area contributed by atoms with Crippen molar-refractivity contribution in [1.82, 2.24) is 9.62 Å². The van der Waals surface area contributed by atoms with Gasteiger partial charge in [-0.2, -0.15) is 13.2 Å². The largest absolute Gasteiger partial charge is 0.416 e. The second-order valence-electron chi connectivity index (χ2n) is 6.67. The number of likely N-dealkylation sites (tertiary alicyclic amines) is 1. The molecule has 0 spiro atoms. The van der Waals surface area contributed by atoms with Crippen molar-refractivity contribution in [2.75, 3.05) is 19.6 Å². The van der Waals surface area contributed by atoms with E-state index < -0.39 is 21.8 Å². The third-order valence-corrected chi connectivity index (χ3v) is 7.02. The second kappa shape index (κ2) is 8.30. The molecule has 9 heteroatoms. The van der Waals surface area contributed by atoms with Gasteiger partial charge in [-0.3, -0.25) is 4.90 Å². The van der Waals surface area contributed by atoms with Gasteiger partial charge in [-0.05, 0) is 67.6 Å². The van der Waals surface area contributed by atoms with Crippen molar-refractivity contribution in [3.63, 3.8) is 0 Å². The Hall–Kier alpha value is -1.42. The van der Waals surface area contributed by atoms with Crippen LogP contribution >= 0.6 is 11.3 Å². The topological polar surface area (TPSA) is 49.4 Å². The van der Waals surface area contributed by atoms with Crippen LogP contribution in [0.4, 0.5) is 13.2 Å². The number of rotatable bonds is 6. The molecule has 1 aliphatic heterocycles. The minimum atomic E-state index is -4.48. The molecule has 0 radical (unpaired) electrons. The molecule has 1 aromatic carbocycles. The summed E-state index contributed by atoms with van der Waals surface area (Å²) in [5.74, 6) is 0.230. The number of nitrogens with one attached hydrogen (secondary N) is 1. The number of halogens is 3. The lowest BCUT2D eigenvalue weighted by molar-refractivity contribution is -0.137. The summed E-state index contributed by atoms with van der Waals surface area (Å²) in [6.07, 6.45) is -2.70. The highest BCUT2D eigenvalue weighted by molar-refractivity contribution is 7.89. The van der Waals surface area contributed by atoms with Gasteiger partial charge in [0.2, 0.25) is 10.0 Å². The summed E-state index contributed by atoms with van der Waals surface area (Å²) >= 11 is 1.73. The van der Waals surface area contributed by atoms with Crippen molar-refractivity contribution >= 4 is 21.4 Å². The zero-order chi connectivity index (χ0) is 19.5. The first-order valence-electron chi connectivity index (χ1n) is 8.66. The fraction of sp³-hybridized carbons (Fsp3) is 0.444. The molecule has 0 amide bonds. The molecular weight excluding hydrogens is 397 g/mol. The molecule has 2 aromatic rings. The van der Waals surface area contributed by atoms with Crippen LogP contribution in [0.5, 0.6) is 0 Å². The Labute approximate surface area is 161 Å². The summed E-state index contributed by atoms with van der Waals surface area (Å²) in [6.45, 7) is 3.03. The van der Waals surface area contributed by atoms with Gasteiger partial charge in [-0.15, -0.1) is 11.3 Å². The molecule has 148 valence electrons. The summed E-state index contributed by atoms with van der Waals surface area (Å²) in [5.41, 5.74) is -0.862. The summed E-state index contributed by atoms with van der Waals surface area (Å²) < 4.78 is 64.9. The fourth-order valence-electron chi connectivity index (χ4n) is 3.11. The number of piperidine rings is 1. The average Bonchev–Trinajstić information content (AvgIpc) is 3.14. The van der Waals surface area contributed by atoms with Gasteiger partial charge in [0, 0.05) is 18.0 Å². The van der Waals surface area contributed by atoms with E-state index in [0.717, 1.165) is 56.7 Å². The smallest absolute Gasteiger partial charge is 0.298 e. The molecule has 0 aliphatic carbocycles. The summed E-state index contributed by atoms with van der Waals surface area (Å²) in [7, 11) is -3.81. The van der Waals surface area contributed by atoms with Crippen LogP contribution in [0, 0.1) is 5.92 Å². The van der Waals surface area contributed by atoms with E-state index in [4.69, 9.17) is 0 Å². The molecule has 27 heavy (non-hydrogen) atoms. The molecule has 0 unspecified atom stereocenters. The first-order chi connectivity index (χ1) is 12.7. The average molecular weight is 419 g/mol. The lowest BCUT2D eigenvalue weighted by Gasteiger charge is -2.31. The standard InChI is InChI=1S/C18H21F3N2O2S2/c19-18(20,21)15-3-5-17(6-4-15)27(24,25)22-12-14-7-9-23(10-8-14)13-16-2-1-11-26-16/h1-6,11,14,22H,7-10,12-13H2. The lowest BCUT2D eigenvalue weighted by atomic mass is 9.97. The van der Waals surface area contributed by atoms with Crippen molar-refractivity contribution in [2.24, 2.45) is 5.92 Å². The third kappa shape index (κ3) is 5.54. The maximum Gasteiger partial charge on any atom is 0.416 e. The summed E-state index contributed by atoms with van der Waals surface area (Å²) in [6, 6.07) is 7.70. The van der Waals surface area contributed by atoms with Gasteiger partial charge in [0.1, 0.15) is 0 Å². The van der Waals surface area contributed by atoms with Crippen molar-refractivity contribution in [2.45, 2.75) is 30.5 Å². The summed E-state index contributed by atoms with van der Waals surface area (Å²) in [4.78, 5) is 3.52. The van der Waals surface area contributed by atoms with Crippen LogP contribution in [-0.4, -0.2) is 33.0 Å². The molecule has 0 bridgehead atoms. The number of hydrogen-bond donors (Lipinski definition) is 1. The second-order valence-corrected chi connectivity index (χ2v) is 9.47. The Bertz CT molecular complexity index is 826. The minimum Gasteiger partial charge on any atom is -0.298 e. The van der Waals surface area contributed by atoms with E-state index in [2.05, 4.69) is 21.1 Å². The molecule has 1 aromatic heterocycles. The number of benzene rings is 1. The number of nitrogens with zero attached hydrogens (tertiary/aromatic N) is 1. The van der Waals surface area contributed by atoms with Crippen molar-refractivity contribution in [3.8, 4) is 0 Å². The number of sulfonamides is 1. The number of thiophene rings is 1. The fourth-order valence-corrected chi connectivity index (χ4v) is 4.97. The molecule has 1 N–H and O–H groups in total. The first-order valence-corrected chi connectivity index (χ1v) is 11.0. The third-order valence-electron chi connectivity index (χ3n) is 4.72. The lowest BCUT2D eigenvalue weighted by Crippen LogP contribution is -2.38. The monoisotopic (exact) mass is 418 g/mol. The van der Waals surface area contributed by atoms with Crippen LogP contribution in [0.2, 0.25) is 0 Å². The molecule has 1 saturated heterocycles. The Morgan fingerprint density at radius 3 is 2.33 bits per heavy atom. The predicted molar refractivity (Wildman–Crippen MR) is 99.0 cm³/mol. The molecule has 0 saturated carbocycles. The van der Waals surface area contributed by atoms with Crippen molar-refractivity contribution in [3.05, 3.63) is 52.2 Å². The Balaban J connectivity index is 1.49. The van der Waals surface area contributed by atoms with E-state index in [0.29, 0.717) is 6.54 Å². The van der Waals surface area contributed by atoms with Gasteiger partial charge in [-0.1, -0.05) is 6.07 Å². The molecule has 2 heterocycles. The van der Waals surface area contributed by atoms with Crippen LogP contribution in [0.3, 0.4) is 0 Å². The highest BCUT2D eigenvalue weighted by atomic mass is 32.2. The highest BCUT2D eigenvalue weighted by Gasteiger charge is 2.30. The van der Waals surface area contributed by atoms with E-state index in [1.807, 2.05) is 6.07 Å². The Morgan fingerprint density at radius 1 is 1.11 bits per heavy atom. The quantitative estimate of drug-likeness (QED) is 0.773. The first kappa shape index (κ1) is 20.3. The summed E-state index contributed by atoms with van der Waals surface area (Å²) in [5, 5.41) is 2.05. The van der Waals surface area contributed by atoms with E-state index >= 15 is 0 Å². The predicted octanol–water partition coefficient (Wildman–Crippen LogP) is 3.96. The van der Waals surface area contributed by atoms with E-state index in [9.17, 15) is 21.6 Å². The van der Waals surface area contributed by atoms with Gasteiger partial charge < -0.3 is 0 Å².